The SMILES string of the molecule is Cc1ccc(CC2CON=C(c3nc(C)ncc3Sc3cccc(Cl)c3F)N2)c(Cl)c1. The van der Waals surface area contributed by atoms with Gasteiger partial charge in [0.2, 0.25) is 0 Å². The van der Waals surface area contributed by atoms with E-state index in [0.717, 1.165) is 16.1 Å². The Balaban J connectivity index is 1.59. The number of nitrogens with one attached hydrogen (secondary N) is 1. The minimum atomic E-state index is -0.484. The number of aryl methyl sites for hydroxylation is 2. The van der Waals surface area contributed by atoms with Crippen LogP contribution in [0.3, 0.4) is 0 Å². The van der Waals surface area contributed by atoms with Crippen molar-refractivity contribution in [3.05, 3.63) is 81.1 Å². The Bertz CT molecular complexity index is 1160. The molecule has 0 radical (unpaired) electrons. The summed E-state index contributed by atoms with van der Waals surface area (Å²) < 4.78 is 14.4. The maximum absolute atomic E-state index is 14.4. The quantitative estimate of drug-likeness (QED) is 0.520. The Morgan fingerprint density at radius 1 is 1.16 bits per heavy atom. The number of oxime groups is 1. The second-order valence-electron chi connectivity index (χ2n) is 7.16. The van der Waals surface area contributed by atoms with Crippen LogP contribution in [0.1, 0.15) is 22.6 Å². The van der Waals surface area contributed by atoms with E-state index in [1.165, 1.54) is 17.8 Å². The molecular weight excluding hydrogens is 458 g/mol. The Labute approximate surface area is 194 Å². The van der Waals surface area contributed by atoms with Crippen molar-refractivity contribution in [1.29, 1.82) is 0 Å². The van der Waals surface area contributed by atoms with E-state index in [-0.39, 0.29) is 11.1 Å². The zero-order valence-corrected chi connectivity index (χ0v) is 19.2. The first kappa shape index (κ1) is 21.9. The van der Waals surface area contributed by atoms with E-state index in [9.17, 15) is 4.39 Å². The molecule has 0 spiro atoms. The molecule has 1 aromatic heterocycles. The van der Waals surface area contributed by atoms with Crippen molar-refractivity contribution in [2.75, 3.05) is 6.61 Å². The number of rotatable bonds is 5. The van der Waals surface area contributed by atoms with Crippen LogP contribution in [0.2, 0.25) is 10.0 Å². The lowest BCUT2D eigenvalue weighted by atomic mass is 10.0. The molecule has 0 saturated carbocycles. The molecule has 1 aliphatic heterocycles. The second-order valence-corrected chi connectivity index (χ2v) is 9.06. The van der Waals surface area contributed by atoms with Crippen LogP contribution in [0.5, 0.6) is 0 Å². The number of benzene rings is 2. The highest BCUT2D eigenvalue weighted by Crippen LogP contribution is 2.34. The van der Waals surface area contributed by atoms with Gasteiger partial charge in [-0.2, -0.15) is 0 Å². The van der Waals surface area contributed by atoms with Crippen LogP contribution >= 0.6 is 35.0 Å². The molecule has 5 nitrogen and oxygen atoms in total. The first-order valence-corrected chi connectivity index (χ1v) is 11.2. The molecule has 0 saturated heterocycles. The Morgan fingerprint density at radius 2 is 2.00 bits per heavy atom. The van der Waals surface area contributed by atoms with Gasteiger partial charge in [-0.25, -0.2) is 14.4 Å². The molecule has 160 valence electrons. The van der Waals surface area contributed by atoms with E-state index in [1.54, 1.807) is 25.3 Å². The van der Waals surface area contributed by atoms with Gasteiger partial charge in [0, 0.05) is 16.1 Å². The molecule has 4 rings (SSSR count). The normalized spacial score (nSPS) is 15.8. The lowest BCUT2D eigenvalue weighted by Crippen LogP contribution is -2.44. The van der Waals surface area contributed by atoms with E-state index in [1.807, 2.05) is 25.1 Å². The highest BCUT2D eigenvalue weighted by atomic mass is 35.5. The molecule has 0 amide bonds. The lowest BCUT2D eigenvalue weighted by Gasteiger charge is -2.25. The van der Waals surface area contributed by atoms with E-state index < -0.39 is 5.82 Å². The molecule has 31 heavy (non-hydrogen) atoms. The van der Waals surface area contributed by atoms with Gasteiger partial charge in [0.25, 0.3) is 0 Å². The molecule has 0 aliphatic carbocycles. The average molecular weight is 477 g/mol. The highest BCUT2D eigenvalue weighted by Gasteiger charge is 2.24. The van der Waals surface area contributed by atoms with Gasteiger partial charge < -0.3 is 10.2 Å². The van der Waals surface area contributed by atoms with Gasteiger partial charge in [-0.05, 0) is 49.6 Å². The molecule has 1 N–H and O–H groups in total. The standard InChI is InChI=1S/C22H19Cl2FN4OS/c1-12-6-7-14(17(24)8-12)9-15-11-30-29-22(28-15)21-19(10-26-13(2)27-21)31-18-5-3-4-16(23)20(18)25/h3-8,10,15H,9,11H2,1-2H3,(H,28,29). The summed E-state index contributed by atoms with van der Waals surface area (Å²) in [7, 11) is 0. The molecule has 2 heterocycles. The first-order chi connectivity index (χ1) is 14.9. The Kier molecular flexibility index (Phi) is 6.65. The van der Waals surface area contributed by atoms with Crippen molar-refractivity contribution in [1.82, 2.24) is 15.3 Å². The highest BCUT2D eigenvalue weighted by molar-refractivity contribution is 7.99. The third kappa shape index (κ3) is 5.11. The van der Waals surface area contributed by atoms with Crippen LogP contribution in [0.4, 0.5) is 4.39 Å². The Hall–Kier alpha value is -2.35. The van der Waals surface area contributed by atoms with Crippen LogP contribution < -0.4 is 5.32 Å². The number of nitrogens with zero attached hydrogens (tertiary/aromatic N) is 3. The van der Waals surface area contributed by atoms with E-state index in [4.69, 9.17) is 28.0 Å². The van der Waals surface area contributed by atoms with E-state index >= 15 is 0 Å². The summed E-state index contributed by atoms with van der Waals surface area (Å²) in [5, 5.41) is 8.32. The zero-order valence-electron chi connectivity index (χ0n) is 16.8. The van der Waals surface area contributed by atoms with Crippen molar-refractivity contribution in [3.8, 4) is 0 Å². The van der Waals surface area contributed by atoms with Gasteiger partial charge in [0.05, 0.1) is 16.0 Å². The lowest BCUT2D eigenvalue weighted by molar-refractivity contribution is 0.109. The fraction of sp³-hybridized carbons (Fsp3) is 0.227. The molecule has 1 unspecified atom stereocenters. The van der Waals surface area contributed by atoms with Crippen molar-refractivity contribution in [2.45, 2.75) is 36.1 Å². The van der Waals surface area contributed by atoms with Crippen LogP contribution in [0, 0.1) is 19.7 Å². The summed E-state index contributed by atoms with van der Waals surface area (Å²) in [4.78, 5) is 15.3. The van der Waals surface area contributed by atoms with Crippen molar-refractivity contribution in [3.63, 3.8) is 0 Å². The fourth-order valence-corrected chi connectivity index (χ4v) is 4.61. The topological polar surface area (TPSA) is 59.4 Å². The Morgan fingerprint density at radius 3 is 2.81 bits per heavy atom. The number of halogens is 3. The van der Waals surface area contributed by atoms with Gasteiger partial charge in [-0.1, -0.05) is 58.3 Å². The number of hydrogen-bond donors (Lipinski definition) is 1. The van der Waals surface area contributed by atoms with Gasteiger partial charge in [-0.15, -0.1) is 0 Å². The monoisotopic (exact) mass is 476 g/mol. The molecule has 0 bridgehead atoms. The predicted octanol–water partition coefficient (Wildman–Crippen LogP) is 5.58. The smallest absolute Gasteiger partial charge is 0.193 e. The predicted molar refractivity (Wildman–Crippen MR) is 122 cm³/mol. The first-order valence-electron chi connectivity index (χ1n) is 9.58. The summed E-state index contributed by atoms with van der Waals surface area (Å²) in [6.45, 7) is 4.18. The van der Waals surface area contributed by atoms with E-state index in [2.05, 4.69) is 20.4 Å². The molecule has 2 aromatic carbocycles. The fourth-order valence-electron chi connectivity index (χ4n) is 3.14. The number of hydrogen-bond acceptors (Lipinski definition) is 6. The van der Waals surface area contributed by atoms with Gasteiger partial charge >= 0.3 is 0 Å². The largest absolute Gasteiger partial charge is 0.392 e. The molecule has 0 fully saturated rings. The summed E-state index contributed by atoms with van der Waals surface area (Å²) in [6, 6.07) is 10.8. The van der Waals surface area contributed by atoms with Crippen molar-refractivity contribution in [2.24, 2.45) is 5.16 Å². The van der Waals surface area contributed by atoms with Gasteiger partial charge in [0.1, 0.15) is 18.1 Å². The molecule has 1 atom stereocenters. The van der Waals surface area contributed by atoms with Crippen LogP contribution in [-0.2, 0) is 11.3 Å². The molecular formula is C22H19Cl2FN4OS. The average Bonchev–Trinajstić information content (AvgIpc) is 2.75. The summed E-state index contributed by atoms with van der Waals surface area (Å²) in [5.74, 6) is 0.552. The minimum Gasteiger partial charge on any atom is -0.392 e. The maximum atomic E-state index is 14.4. The third-order valence-electron chi connectivity index (χ3n) is 4.68. The zero-order chi connectivity index (χ0) is 22.0. The van der Waals surface area contributed by atoms with Crippen LogP contribution in [-0.4, -0.2) is 28.5 Å². The van der Waals surface area contributed by atoms with Crippen LogP contribution in [0.15, 0.2) is 57.5 Å². The molecule has 1 aliphatic rings. The number of amidine groups is 1. The molecule has 3 aromatic rings. The van der Waals surface area contributed by atoms with Gasteiger partial charge in [-0.3, -0.25) is 0 Å². The summed E-state index contributed by atoms with van der Waals surface area (Å²) >= 11 is 13.5. The van der Waals surface area contributed by atoms with Crippen molar-refractivity contribution >= 4 is 40.8 Å². The summed E-state index contributed by atoms with van der Waals surface area (Å²) in [5.41, 5.74) is 2.66. The molecule has 9 heteroatoms. The number of aromatic nitrogens is 2. The van der Waals surface area contributed by atoms with E-state index in [0.29, 0.717) is 40.2 Å². The third-order valence-corrected chi connectivity index (χ3v) is 6.38. The maximum Gasteiger partial charge on any atom is 0.193 e. The van der Waals surface area contributed by atoms with Gasteiger partial charge in [0.15, 0.2) is 11.7 Å². The van der Waals surface area contributed by atoms with Crippen molar-refractivity contribution < 1.29 is 9.23 Å². The summed E-state index contributed by atoms with van der Waals surface area (Å²) in [6.07, 6.45) is 2.31. The minimum absolute atomic E-state index is 0.0521. The second kappa shape index (κ2) is 9.42. The van der Waals surface area contributed by atoms with Crippen LogP contribution in [0.25, 0.3) is 0 Å².